The van der Waals surface area contributed by atoms with E-state index in [0.717, 1.165) is 0 Å². The number of hydrogen-bond donors (Lipinski definition) is 0. The van der Waals surface area contributed by atoms with Gasteiger partial charge in [-0.1, -0.05) is 37.5 Å². The van der Waals surface area contributed by atoms with Gasteiger partial charge in [0.2, 0.25) is 0 Å². The van der Waals surface area contributed by atoms with Crippen molar-refractivity contribution in [3.8, 4) is 0 Å². The number of hydrogen-bond acceptors (Lipinski definition) is 1. The van der Waals surface area contributed by atoms with Crippen molar-refractivity contribution in [3.63, 3.8) is 0 Å². The number of para-hydroxylation sites is 1. The van der Waals surface area contributed by atoms with Crippen molar-refractivity contribution in [2.24, 2.45) is 9.12 Å². The first-order valence-electron chi connectivity index (χ1n) is 6.02. The maximum absolute atomic E-state index is 4.49. The molecule has 0 amide bonds. The lowest BCUT2D eigenvalue weighted by molar-refractivity contribution is 0.439. The van der Waals surface area contributed by atoms with Gasteiger partial charge >= 0.3 is 0 Å². The van der Waals surface area contributed by atoms with Gasteiger partial charge in [0.05, 0.1) is 51.4 Å². The van der Waals surface area contributed by atoms with Gasteiger partial charge in [-0.05, 0) is 25.0 Å². The second-order valence-electron chi connectivity index (χ2n) is 4.39. The second kappa shape index (κ2) is 6.92. The van der Waals surface area contributed by atoms with E-state index in [0.29, 0.717) is 5.92 Å². The molecular formula is C13H16I2N2. The molecule has 1 aliphatic rings. The van der Waals surface area contributed by atoms with Crippen LogP contribution in [0.25, 0.3) is 0 Å². The minimum Gasteiger partial charge on any atom is -0.270 e. The molecule has 0 atom stereocenters. The lowest BCUT2D eigenvalue weighted by Gasteiger charge is -2.28. The highest BCUT2D eigenvalue weighted by atomic mass is 127. The van der Waals surface area contributed by atoms with Crippen LogP contribution >= 0.6 is 45.7 Å². The Morgan fingerprint density at radius 2 is 1.76 bits per heavy atom. The SMILES string of the molecule is I/N=C(/C1CCCCC1)N(I)c1ccccc1. The summed E-state index contributed by atoms with van der Waals surface area (Å²) in [5.41, 5.74) is 1.22. The highest BCUT2D eigenvalue weighted by molar-refractivity contribution is 14.1. The molecule has 2 nitrogen and oxygen atoms in total. The molecule has 0 bridgehead atoms. The number of anilines is 1. The fourth-order valence-electron chi connectivity index (χ4n) is 2.31. The quantitative estimate of drug-likeness (QED) is 0.261. The Labute approximate surface area is 131 Å². The van der Waals surface area contributed by atoms with Crippen LogP contribution in [0.15, 0.2) is 33.5 Å². The summed E-state index contributed by atoms with van der Waals surface area (Å²) in [7, 11) is 0. The first-order chi connectivity index (χ1) is 8.33. The van der Waals surface area contributed by atoms with E-state index >= 15 is 0 Å². The van der Waals surface area contributed by atoms with Crippen LogP contribution in [-0.2, 0) is 0 Å². The fraction of sp³-hybridized carbons (Fsp3) is 0.462. The summed E-state index contributed by atoms with van der Waals surface area (Å²) in [6, 6.07) is 10.5. The fourth-order valence-corrected chi connectivity index (χ4v) is 4.16. The van der Waals surface area contributed by atoms with Crippen LogP contribution < -0.4 is 3.11 Å². The van der Waals surface area contributed by atoms with Crippen LogP contribution in [0.4, 0.5) is 5.69 Å². The summed E-state index contributed by atoms with van der Waals surface area (Å²) >= 11 is 4.50. The van der Waals surface area contributed by atoms with Crippen molar-refractivity contribution in [1.29, 1.82) is 0 Å². The lowest BCUT2D eigenvalue weighted by Crippen LogP contribution is -2.29. The van der Waals surface area contributed by atoms with E-state index < -0.39 is 0 Å². The lowest BCUT2D eigenvalue weighted by atomic mass is 9.88. The zero-order chi connectivity index (χ0) is 12.1. The maximum atomic E-state index is 4.49. The summed E-state index contributed by atoms with van der Waals surface area (Å²) in [6.45, 7) is 0. The number of rotatable bonds is 2. The van der Waals surface area contributed by atoms with Gasteiger partial charge < -0.3 is 0 Å². The van der Waals surface area contributed by atoms with Crippen molar-refractivity contribution in [2.45, 2.75) is 32.1 Å². The molecule has 0 N–H and O–H groups in total. The molecule has 1 fully saturated rings. The normalized spacial score (nSPS) is 18.1. The summed E-state index contributed by atoms with van der Waals surface area (Å²) in [6.07, 6.45) is 6.65. The minimum atomic E-state index is 0.637. The highest BCUT2D eigenvalue weighted by Crippen LogP contribution is 2.30. The number of benzene rings is 1. The maximum Gasteiger partial charge on any atom is 0.127 e. The first-order valence-corrected chi connectivity index (χ1v) is 7.95. The molecule has 2 rings (SSSR count). The van der Waals surface area contributed by atoms with E-state index in [-0.39, 0.29) is 0 Å². The molecule has 1 aliphatic carbocycles. The van der Waals surface area contributed by atoms with Crippen LogP contribution in [0.3, 0.4) is 0 Å². The third-order valence-electron chi connectivity index (χ3n) is 3.24. The van der Waals surface area contributed by atoms with Gasteiger partial charge in [0.25, 0.3) is 0 Å². The molecule has 0 saturated heterocycles. The third kappa shape index (κ3) is 3.56. The van der Waals surface area contributed by atoms with Gasteiger partial charge in [0, 0.05) is 5.92 Å². The highest BCUT2D eigenvalue weighted by Gasteiger charge is 2.23. The Morgan fingerprint density at radius 3 is 2.35 bits per heavy atom. The van der Waals surface area contributed by atoms with Crippen molar-refractivity contribution >= 4 is 57.3 Å². The Hall–Kier alpha value is 0.150. The van der Waals surface area contributed by atoms with Crippen molar-refractivity contribution in [1.82, 2.24) is 0 Å². The topological polar surface area (TPSA) is 15.6 Å². The summed E-state index contributed by atoms with van der Waals surface area (Å²) in [5.74, 6) is 1.86. The standard InChI is InChI=1S/C13H16I2N2/c14-16-13(11-7-3-1-4-8-11)17(15)12-9-5-2-6-10-12/h2,5-6,9-11H,1,3-4,7-8H2/b16-13-. The Bertz CT molecular complexity index is 372. The van der Waals surface area contributed by atoms with Crippen LogP contribution in [0.1, 0.15) is 32.1 Å². The van der Waals surface area contributed by atoms with E-state index in [2.05, 4.69) is 82.4 Å². The molecule has 0 spiro atoms. The molecule has 92 valence electrons. The van der Waals surface area contributed by atoms with Crippen molar-refractivity contribution in [3.05, 3.63) is 30.3 Å². The average Bonchev–Trinajstić information content (AvgIpc) is 2.42. The van der Waals surface area contributed by atoms with Crippen LogP contribution in [0.5, 0.6) is 0 Å². The Kier molecular flexibility index (Phi) is 5.52. The second-order valence-corrected chi connectivity index (χ2v) is 5.84. The molecule has 1 aromatic carbocycles. The van der Waals surface area contributed by atoms with E-state index in [4.69, 9.17) is 0 Å². The number of amidine groups is 1. The average molecular weight is 454 g/mol. The number of nitrogens with zero attached hydrogens (tertiary/aromatic N) is 2. The monoisotopic (exact) mass is 454 g/mol. The third-order valence-corrected chi connectivity index (χ3v) is 4.79. The smallest absolute Gasteiger partial charge is 0.127 e. The van der Waals surface area contributed by atoms with Gasteiger partial charge in [0.1, 0.15) is 5.84 Å². The summed E-state index contributed by atoms with van der Waals surface area (Å²) in [5, 5.41) is 0. The Balaban J connectivity index is 2.13. The van der Waals surface area contributed by atoms with Crippen molar-refractivity contribution < 1.29 is 0 Å². The molecule has 0 radical (unpaired) electrons. The van der Waals surface area contributed by atoms with Crippen LogP contribution in [0, 0.1) is 5.92 Å². The van der Waals surface area contributed by atoms with E-state index in [9.17, 15) is 0 Å². The molecule has 0 unspecified atom stereocenters. The van der Waals surface area contributed by atoms with E-state index in [1.807, 2.05) is 0 Å². The van der Waals surface area contributed by atoms with Gasteiger partial charge in [0.15, 0.2) is 0 Å². The largest absolute Gasteiger partial charge is 0.270 e. The van der Waals surface area contributed by atoms with E-state index in [1.54, 1.807) is 0 Å². The molecule has 17 heavy (non-hydrogen) atoms. The molecule has 0 heterocycles. The summed E-state index contributed by atoms with van der Waals surface area (Å²) in [4.78, 5) is 0. The van der Waals surface area contributed by atoms with Crippen molar-refractivity contribution in [2.75, 3.05) is 3.11 Å². The molecule has 0 aromatic heterocycles. The Morgan fingerprint density at radius 1 is 1.12 bits per heavy atom. The predicted octanol–water partition coefficient (Wildman–Crippen LogP) is 5.17. The van der Waals surface area contributed by atoms with E-state index in [1.165, 1.54) is 43.6 Å². The summed E-state index contributed by atoms with van der Waals surface area (Å²) < 4.78 is 6.70. The molecule has 1 aromatic rings. The minimum absolute atomic E-state index is 0.637. The molecule has 0 aliphatic heterocycles. The predicted molar refractivity (Wildman–Crippen MR) is 91.0 cm³/mol. The first kappa shape index (κ1) is 13.6. The molecule has 4 heteroatoms. The van der Waals surface area contributed by atoms with Crippen LogP contribution in [0.2, 0.25) is 0 Å². The zero-order valence-corrected chi connectivity index (χ0v) is 14.0. The van der Waals surface area contributed by atoms with Gasteiger partial charge in [-0.2, -0.15) is 0 Å². The molecular weight excluding hydrogens is 438 g/mol. The van der Waals surface area contributed by atoms with Gasteiger partial charge in [-0.3, -0.25) is 3.11 Å². The molecule has 1 saturated carbocycles. The van der Waals surface area contributed by atoms with Gasteiger partial charge in [-0.25, -0.2) is 3.21 Å². The van der Waals surface area contributed by atoms with Crippen LogP contribution in [-0.4, -0.2) is 5.84 Å². The number of halogens is 2. The van der Waals surface area contributed by atoms with Gasteiger partial charge in [-0.15, -0.1) is 0 Å². The zero-order valence-electron chi connectivity index (χ0n) is 9.65.